The van der Waals surface area contributed by atoms with Crippen molar-refractivity contribution < 1.29 is 9.47 Å². The second-order valence-corrected chi connectivity index (χ2v) is 15.6. The maximum Gasteiger partial charge on any atom is 0.119 e. The Morgan fingerprint density at radius 3 is 1.36 bits per heavy atom. The van der Waals surface area contributed by atoms with Crippen LogP contribution in [-0.4, -0.2) is 14.2 Å². The largest absolute Gasteiger partial charge is 0.497 e. The first-order valence-electron chi connectivity index (χ1n) is 20.2. The van der Waals surface area contributed by atoms with Crippen LogP contribution >= 0.6 is 15.9 Å². The van der Waals surface area contributed by atoms with E-state index in [1.807, 2.05) is 78.9 Å². The van der Waals surface area contributed by atoms with E-state index in [4.69, 9.17) is 9.47 Å². The van der Waals surface area contributed by atoms with Gasteiger partial charge in [0.15, 0.2) is 0 Å². The summed E-state index contributed by atoms with van der Waals surface area (Å²) in [5, 5.41) is 8.97. The van der Waals surface area contributed by atoms with Crippen molar-refractivity contribution in [2.24, 2.45) is 0 Å². The van der Waals surface area contributed by atoms with E-state index in [-0.39, 0.29) is 0 Å². The zero-order chi connectivity index (χ0) is 41.3. The van der Waals surface area contributed by atoms with Gasteiger partial charge in [-0.25, -0.2) is 0 Å². The molecule has 10 aromatic rings. The van der Waals surface area contributed by atoms with E-state index in [0.717, 1.165) is 81.5 Å². The van der Waals surface area contributed by atoms with Crippen LogP contribution in [0.1, 0.15) is 22.3 Å². The molecule has 0 saturated carbocycles. The summed E-state index contributed by atoms with van der Waals surface area (Å²) >= 11 is 4.22. The molecule has 0 spiro atoms. The molecule has 10 aromatic carbocycles. The van der Waals surface area contributed by atoms with Crippen molar-refractivity contribution in [3.63, 3.8) is 0 Å². The molecule has 0 radical (unpaired) electrons. The topological polar surface area (TPSA) is 18.5 Å². The van der Waals surface area contributed by atoms with E-state index in [1.54, 1.807) is 14.2 Å². The average Bonchev–Trinajstić information content (AvgIpc) is 3.69. The van der Waals surface area contributed by atoms with Crippen molar-refractivity contribution in [1.29, 1.82) is 0 Å². The predicted octanol–water partition coefficient (Wildman–Crippen LogP) is 14.9. The van der Waals surface area contributed by atoms with Crippen LogP contribution in [-0.2, 0) is 0 Å². The van der Waals surface area contributed by atoms with E-state index in [9.17, 15) is 0 Å². The summed E-state index contributed by atoms with van der Waals surface area (Å²) < 4.78 is 12.3. The summed E-state index contributed by atoms with van der Waals surface area (Å²) in [4.78, 5) is 0. The fourth-order valence-corrected chi connectivity index (χ4v) is 9.44. The van der Waals surface area contributed by atoms with Crippen molar-refractivity contribution in [3.05, 3.63) is 215 Å². The van der Waals surface area contributed by atoms with Gasteiger partial charge >= 0.3 is 0 Å². The van der Waals surface area contributed by atoms with Crippen LogP contribution in [0.5, 0.6) is 11.5 Å². The molecule has 0 unspecified atom stereocenters. The third-order valence-corrected chi connectivity index (χ3v) is 12.2. The average molecular weight is 846 g/mol. The first-order valence-corrected chi connectivity index (χ1v) is 21.0. The smallest absolute Gasteiger partial charge is 0.119 e. The third kappa shape index (κ3) is 6.67. The van der Waals surface area contributed by atoms with Gasteiger partial charge in [0.25, 0.3) is 0 Å². The predicted molar refractivity (Wildman–Crippen MR) is 258 cm³/mol. The molecule has 0 amide bonds. The molecule has 0 atom stereocenters. The number of methoxy groups -OCH3 is 2. The Labute approximate surface area is 364 Å². The molecule has 1 aliphatic carbocycles. The Morgan fingerprint density at radius 2 is 0.803 bits per heavy atom. The second-order valence-electron chi connectivity index (χ2n) is 14.8. The molecular formula is C58H37BrO2. The van der Waals surface area contributed by atoms with Crippen molar-refractivity contribution in [1.82, 2.24) is 0 Å². The molecule has 3 heteroatoms. The summed E-state index contributed by atoms with van der Waals surface area (Å²) in [6.45, 7) is 0. The number of rotatable bonds is 3. The monoisotopic (exact) mass is 844 g/mol. The van der Waals surface area contributed by atoms with Crippen molar-refractivity contribution in [2.75, 3.05) is 14.2 Å². The number of hydrogen-bond acceptors (Lipinski definition) is 2. The first-order chi connectivity index (χ1) is 30.1. The minimum atomic E-state index is 0.800. The Kier molecular flexibility index (Phi) is 10.0. The van der Waals surface area contributed by atoms with Gasteiger partial charge in [0.2, 0.25) is 0 Å². The van der Waals surface area contributed by atoms with Gasteiger partial charge in [-0.05, 0) is 125 Å². The number of hydrogen-bond donors (Lipinski definition) is 0. The van der Waals surface area contributed by atoms with Gasteiger partial charge in [-0.3, -0.25) is 0 Å². The van der Waals surface area contributed by atoms with Crippen LogP contribution in [0.3, 0.4) is 0 Å². The molecule has 0 aromatic heterocycles. The minimum Gasteiger partial charge on any atom is -0.497 e. The van der Waals surface area contributed by atoms with E-state index in [1.165, 1.54) is 33.2 Å². The van der Waals surface area contributed by atoms with Crippen molar-refractivity contribution in [3.8, 4) is 68.6 Å². The molecule has 0 aliphatic heterocycles. The van der Waals surface area contributed by atoms with Gasteiger partial charge in [0.1, 0.15) is 11.5 Å². The summed E-state index contributed by atoms with van der Waals surface area (Å²) in [5.41, 5.74) is 10.9. The number of fused-ring (bicyclic) bond motifs is 8. The Balaban J connectivity index is 0.000000686. The standard InChI is InChI=1S/C52H31BrO2.C6H6/c1-54-35-25-21-33(22-26-35)24-29-42-38-18-10-12-20-40(38)48-50-46(42)41(28-23-32-13-5-3-6-14-32)37-17-9-11-19-39(37)47(50)49-45(34-15-7-4-8-16-34)44-31-36(55-2)27-30-43(44)52(53)51(48)49;1-2-4-6-5-3-1/h3-22,25-27,30-31H,1-2H3;1-6H. The Morgan fingerprint density at radius 1 is 0.344 bits per heavy atom. The van der Waals surface area contributed by atoms with Gasteiger partial charge < -0.3 is 9.47 Å². The van der Waals surface area contributed by atoms with Crippen LogP contribution in [0.15, 0.2) is 193 Å². The highest BCUT2D eigenvalue weighted by Crippen LogP contribution is 2.61. The zero-order valence-electron chi connectivity index (χ0n) is 33.6. The molecule has 61 heavy (non-hydrogen) atoms. The first kappa shape index (κ1) is 37.7. The quantitative estimate of drug-likeness (QED) is 0.130. The lowest BCUT2D eigenvalue weighted by Gasteiger charge is -2.19. The van der Waals surface area contributed by atoms with Gasteiger partial charge in [-0.2, -0.15) is 0 Å². The lowest BCUT2D eigenvalue weighted by atomic mass is 9.85. The number of benzene rings is 10. The normalized spacial score (nSPS) is 10.9. The molecular weight excluding hydrogens is 809 g/mol. The lowest BCUT2D eigenvalue weighted by Crippen LogP contribution is -1.94. The van der Waals surface area contributed by atoms with E-state index >= 15 is 0 Å². The van der Waals surface area contributed by atoms with E-state index in [0.29, 0.717) is 0 Å². The minimum absolute atomic E-state index is 0.800. The van der Waals surface area contributed by atoms with Gasteiger partial charge in [-0.15, -0.1) is 0 Å². The molecule has 2 nitrogen and oxygen atoms in total. The Hall–Kier alpha value is -7.56. The SMILES string of the molecule is COc1ccc(C#Cc2c3ccccc3c3c4c(c5ccccc5c(C#Cc5ccccc5)c24)-c2c-3c(Br)c3ccc(OC)cc3c2-c2ccccc2)cc1.c1ccccc1. The molecule has 0 bridgehead atoms. The number of ether oxygens (including phenoxy) is 2. The van der Waals surface area contributed by atoms with Gasteiger partial charge in [0, 0.05) is 48.6 Å². The number of halogens is 1. The molecule has 0 fully saturated rings. The highest BCUT2D eigenvalue weighted by atomic mass is 79.9. The molecule has 288 valence electrons. The van der Waals surface area contributed by atoms with E-state index in [2.05, 4.69) is 149 Å². The van der Waals surface area contributed by atoms with Crippen LogP contribution in [0.25, 0.3) is 76.5 Å². The van der Waals surface area contributed by atoms with Crippen LogP contribution in [0.2, 0.25) is 0 Å². The molecule has 11 rings (SSSR count). The molecule has 0 heterocycles. The third-order valence-electron chi connectivity index (χ3n) is 11.4. The lowest BCUT2D eigenvalue weighted by molar-refractivity contribution is 0.415. The van der Waals surface area contributed by atoms with E-state index < -0.39 is 0 Å². The summed E-state index contributed by atoms with van der Waals surface area (Å²) in [7, 11) is 3.41. The maximum absolute atomic E-state index is 5.84. The van der Waals surface area contributed by atoms with Crippen LogP contribution in [0, 0.1) is 23.7 Å². The summed E-state index contributed by atoms with van der Waals surface area (Å²) in [5.74, 6) is 16.1. The Bertz CT molecular complexity index is 3400. The zero-order valence-corrected chi connectivity index (χ0v) is 35.2. The maximum atomic E-state index is 5.84. The summed E-state index contributed by atoms with van der Waals surface area (Å²) in [6, 6.07) is 64.8. The molecule has 0 saturated heterocycles. The second kappa shape index (κ2) is 16.2. The fourth-order valence-electron chi connectivity index (χ4n) is 8.70. The highest BCUT2D eigenvalue weighted by molar-refractivity contribution is 9.10. The fraction of sp³-hybridized carbons (Fsp3) is 0.0345. The van der Waals surface area contributed by atoms with Gasteiger partial charge in [-0.1, -0.05) is 157 Å². The highest BCUT2D eigenvalue weighted by Gasteiger charge is 2.35. The van der Waals surface area contributed by atoms with Crippen molar-refractivity contribution >= 4 is 59.0 Å². The van der Waals surface area contributed by atoms with Crippen LogP contribution < -0.4 is 9.47 Å². The van der Waals surface area contributed by atoms with Gasteiger partial charge in [0.05, 0.1) is 14.2 Å². The van der Waals surface area contributed by atoms with Crippen LogP contribution in [0.4, 0.5) is 0 Å². The molecule has 1 aliphatic rings. The van der Waals surface area contributed by atoms with Crippen molar-refractivity contribution in [2.45, 2.75) is 0 Å². The molecule has 0 N–H and O–H groups in total. The summed E-state index contributed by atoms with van der Waals surface area (Å²) in [6.07, 6.45) is 0.